The van der Waals surface area contributed by atoms with E-state index in [0.717, 1.165) is 22.5 Å². The number of rotatable bonds is 5. The van der Waals surface area contributed by atoms with Crippen molar-refractivity contribution in [1.82, 2.24) is 20.0 Å². The summed E-state index contributed by atoms with van der Waals surface area (Å²) in [4.78, 5) is 12.3. The summed E-state index contributed by atoms with van der Waals surface area (Å²) in [6.07, 6.45) is -2.67. The second-order valence-corrected chi connectivity index (χ2v) is 7.38. The SMILES string of the molecule is Cc1ccc(-n2nc(C)c(CC(=O)Nc3nnc(C(F)F)s3)c2C)cc1Cl. The molecule has 10 heteroatoms. The fourth-order valence-corrected chi connectivity index (χ4v) is 3.38. The van der Waals surface area contributed by atoms with Gasteiger partial charge in [-0.05, 0) is 38.5 Å². The molecule has 0 atom stereocenters. The largest absolute Gasteiger partial charge is 0.300 e. The lowest BCUT2D eigenvalue weighted by Crippen LogP contribution is -2.15. The van der Waals surface area contributed by atoms with E-state index in [1.165, 1.54) is 0 Å². The van der Waals surface area contributed by atoms with Gasteiger partial charge in [-0.25, -0.2) is 13.5 Å². The molecule has 1 amide bonds. The molecular weight excluding hydrogens is 396 g/mol. The van der Waals surface area contributed by atoms with Crippen LogP contribution in [-0.2, 0) is 11.2 Å². The summed E-state index contributed by atoms with van der Waals surface area (Å²) >= 11 is 6.84. The third-order valence-electron chi connectivity index (χ3n) is 4.05. The molecule has 0 radical (unpaired) electrons. The average molecular weight is 412 g/mol. The standard InChI is InChI=1S/C17H16ClF2N5OS/c1-8-4-5-11(6-13(8)18)25-10(3)12(9(2)24-25)7-14(26)21-17-23-22-16(27-17)15(19)20/h4-6,15H,7H2,1-3H3,(H,21,23,26). The van der Waals surface area contributed by atoms with Crippen LogP contribution in [0.3, 0.4) is 0 Å². The van der Waals surface area contributed by atoms with Crippen molar-refractivity contribution in [3.8, 4) is 5.69 Å². The normalized spacial score (nSPS) is 11.2. The Kier molecular flexibility index (Phi) is 5.52. The van der Waals surface area contributed by atoms with Crippen molar-refractivity contribution >= 4 is 34.0 Å². The number of hydrogen-bond acceptors (Lipinski definition) is 5. The zero-order valence-electron chi connectivity index (χ0n) is 14.8. The van der Waals surface area contributed by atoms with Crippen molar-refractivity contribution in [2.24, 2.45) is 0 Å². The zero-order chi connectivity index (χ0) is 19.7. The van der Waals surface area contributed by atoms with Crippen molar-refractivity contribution in [2.75, 3.05) is 5.32 Å². The molecule has 3 aromatic rings. The Labute approximate surface area is 163 Å². The quantitative estimate of drug-likeness (QED) is 0.674. The van der Waals surface area contributed by atoms with E-state index in [1.54, 1.807) is 4.68 Å². The van der Waals surface area contributed by atoms with Gasteiger partial charge < -0.3 is 5.32 Å². The van der Waals surface area contributed by atoms with Gasteiger partial charge in [0.25, 0.3) is 6.43 Å². The highest BCUT2D eigenvalue weighted by Gasteiger charge is 2.19. The third kappa shape index (κ3) is 4.14. The Morgan fingerprint density at radius 1 is 1.30 bits per heavy atom. The van der Waals surface area contributed by atoms with Crippen molar-refractivity contribution in [1.29, 1.82) is 0 Å². The molecule has 0 spiro atoms. The maximum atomic E-state index is 12.6. The lowest BCUT2D eigenvalue weighted by atomic mass is 10.1. The maximum Gasteiger partial charge on any atom is 0.291 e. The number of nitrogens with one attached hydrogen (secondary N) is 1. The first-order valence-corrected chi connectivity index (χ1v) is 9.18. The molecule has 2 heterocycles. The summed E-state index contributed by atoms with van der Waals surface area (Å²) in [6, 6.07) is 5.61. The van der Waals surface area contributed by atoms with Crippen molar-refractivity contribution in [2.45, 2.75) is 33.6 Å². The second kappa shape index (κ2) is 7.69. The molecule has 1 aromatic carbocycles. The molecule has 0 aliphatic carbocycles. The number of aryl methyl sites for hydroxylation is 2. The van der Waals surface area contributed by atoms with Crippen molar-refractivity contribution < 1.29 is 13.6 Å². The molecule has 0 bridgehead atoms. The maximum absolute atomic E-state index is 12.6. The average Bonchev–Trinajstić information content (AvgIpc) is 3.17. The minimum atomic E-state index is -2.71. The van der Waals surface area contributed by atoms with Gasteiger partial charge in [0, 0.05) is 16.3 Å². The number of halogens is 3. The first-order chi connectivity index (χ1) is 12.8. The van der Waals surface area contributed by atoms with Crippen LogP contribution in [0.2, 0.25) is 5.02 Å². The molecule has 1 N–H and O–H groups in total. The predicted octanol–water partition coefficient (Wildman–Crippen LogP) is 4.42. The number of anilines is 1. The van der Waals surface area contributed by atoms with Crippen LogP contribution >= 0.6 is 22.9 Å². The van der Waals surface area contributed by atoms with E-state index in [0.29, 0.717) is 22.1 Å². The summed E-state index contributed by atoms with van der Waals surface area (Å²) in [6.45, 7) is 5.58. The molecule has 0 aliphatic rings. The highest BCUT2D eigenvalue weighted by Crippen LogP contribution is 2.26. The van der Waals surface area contributed by atoms with Crippen LogP contribution in [0.5, 0.6) is 0 Å². The summed E-state index contributed by atoms with van der Waals surface area (Å²) in [5, 5.41) is 14.1. The Morgan fingerprint density at radius 3 is 2.67 bits per heavy atom. The number of amides is 1. The number of carbonyl (C=O) groups is 1. The lowest BCUT2D eigenvalue weighted by Gasteiger charge is -2.07. The van der Waals surface area contributed by atoms with Crippen LogP contribution in [0, 0.1) is 20.8 Å². The zero-order valence-corrected chi connectivity index (χ0v) is 16.3. The summed E-state index contributed by atoms with van der Waals surface area (Å²) < 4.78 is 26.9. The van der Waals surface area contributed by atoms with Crippen LogP contribution in [0.4, 0.5) is 13.9 Å². The number of benzene rings is 1. The monoisotopic (exact) mass is 411 g/mol. The molecule has 0 unspecified atom stereocenters. The molecule has 142 valence electrons. The highest BCUT2D eigenvalue weighted by atomic mass is 35.5. The summed E-state index contributed by atoms with van der Waals surface area (Å²) in [5.41, 5.74) is 4.01. The van der Waals surface area contributed by atoms with Gasteiger partial charge in [-0.15, -0.1) is 10.2 Å². The minimum absolute atomic E-state index is 0.0425. The fourth-order valence-electron chi connectivity index (χ4n) is 2.59. The molecule has 0 saturated carbocycles. The number of aromatic nitrogens is 4. The smallest absolute Gasteiger partial charge is 0.291 e. The number of carbonyl (C=O) groups excluding carboxylic acids is 1. The van der Waals surface area contributed by atoms with Gasteiger partial charge in [-0.3, -0.25) is 4.79 Å². The fraction of sp³-hybridized carbons (Fsp3) is 0.294. The minimum Gasteiger partial charge on any atom is -0.300 e. The third-order valence-corrected chi connectivity index (χ3v) is 5.31. The van der Waals surface area contributed by atoms with Crippen LogP contribution in [0.1, 0.15) is 33.9 Å². The highest BCUT2D eigenvalue weighted by molar-refractivity contribution is 7.15. The van der Waals surface area contributed by atoms with Crippen LogP contribution in [0.25, 0.3) is 5.69 Å². The van der Waals surface area contributed by atoms with Gasteiger partial charge in [-0.2, -0.15) is 5.10 Å². The van der Waals surface area contributed by atoms with Gasteiger partial charge >= 0.3 is 0 Å². The van der Waals surface area contributed by atoms with Gasteiger partial charge in [0.05, 0.1) is 17.8 Å². The molecule has 3 rings (SSSR count). The molecule has 0 saturated heterocycles. The lowest BCUT2D eigenvalue weighted by molar-refractivity contribution is -0.115. The summed E-state index contributed by atoms with van der Waals surface area (Å²) in [5.74, 6) is -0.375. The topological polar surface area (TPSA) is 72.7 Å². The predicted molar refractivity (Wildman–Crippen MR) is 100.0 cm³/mol. The van der Waals surface area contributed by atoms with Gasteiger partial charge in [0.15, 0.2) is 5.01 Å². The van der Waals surface area contributed by atoms with E-state index >= 15 is 0 Å². The van der Waals surface area contributed by atoms with E-state index in [9.17, 15) is 13.6 Å². The van der Waals surface area contributed by atoms with Crippen molar-refractivity contribution in [3.63, 3.8) is 0 Å². The van der Waals surface area contributed by atoms with Gasteiger partial charge in [-0.1, -0.05) is 29.0 Å². The van der Waals surface area contributed by atoms with E-state index in [-0.39, 0.29) is 17.5 Å². The molecular formula is C17H16ClF2N5OS. The van der Waals surface area contributed by atoms with Crippen LogP contribution < -0.4 is 5.32 Å². The van der Waals surface area contributed by atoms with E-state index in [1.807, 2.05) is 39.0 Å². The number of hydrogen-bond donors (Lipinski definition) is 1. The number of alkyl halides is 2. The van der Waals surface area contributed by atoms with Crippen LogP contribution in [-0.4, -0.2) is 25.9 Å². The second-order valence-electron chi connectivity index (χ2n) is 5.97. The first-order valence-electron chi connectivity index (χ1n) is 7.99. The van der Waals surface area contributed by atoms with E-state index < -0.39 is 11.4 Å². The van der Waals surface area contributed by atoms with E-state index in [4.69, 9.17) is 11.6 Å². The molecule has 2 aromatic heterocycles. The Balaban J connectivity index is 1.79. The number of nitrogens with zero attached hydrogens (tertiary/aromatic N) is 4. The van der Waals surface area contributed by atoms with E-state index in [2.05, 4.69) is 20.6 Å². The molecule has 6 nitrogen and oxygen atoms in total. The van der Waals surface area contributed by atoms with Crippen molar-refractivity contribution in [3.05, 3.63) is 50.7 Å². The first kappa shape index (κ1) is 19.4. The Morgan fingerprint density at radius 2 is 2.04 bits per heavy atom. The molecule has 0 aliphatic heterocycles. The Hall–Kier alpha value is -2.39. The van der Waals surface area contributed by atoms with Gasteiger partial charge in [0.1, 0.15) is 0 Å². The Bertz CT molecular complexity index is 1000. The molecule has 27 heavy (non-hydrogen) atoms. The summed E-state index contributed by atoms with van der Waals surface area (Å²) in [7, 11) is 0. The van der Waals surface area contributed by atoms with Gasteiger partial charge in [0.2, 0.25) is 11.0 Å². The molecule has 0 fully saturated rings. The van der Waals surface area contributed by atoms with Crippen LogP contribution in [0.15, 0.2) is 18.2 Å².